The molecule has 1 atom stereocenters. The van der Waals surface area contributed by atoms with Crippen LogP contribution in [-0.2, 0) is 0 Å². The van der Waals surface area contributed by atoms with Crippen LogP contribution in [0.4, 0.5) is 14.7 Å². The van der Waals surface area contributed by atoms with Gasteiger partial charge in [0.15, 0.2) is 0 Å². The number of benzene rings is 2. The predicted octanol–water partition coefficient (Wildman–Crippen LogP) is 4.11. The van der Waals surface area contributed by atoms with Crippen LogP contribution in [0.5, 0.6) is 0 Å². The molecule has 0 saturated carbocycles. The summed E-state index contributed by atoms with van der Waals surface area (Å²) in [5, 5.41) is 0. The van der Waals surface area contributed by atoms with Crippen LogP contribution in [0.2, 0.25) is 0 Å². The number of aromatic nitrogens is 2. The van der Waals surface area contributed by atoms with Crippen LogP contribution in [0.25, 0.3) is 11.0 Å². The Labute approximate surface area is 133 Å². The summed E-state index contributed by atoms with van der Waals surface area (Å²) in [5.74, 6) is -0.427. The van der Waals surface area contributed by atoms with E-state index < -0.39 is 0 Å². The molecule has 1 unspecified atom stereocenters. The van der Waals surface area contributed by atoms with Crippen LogP contribution in [-0.4, -0.2) is 9.55 Å². The molecule has 3 nitrogen and oxygen atoms in total. The number of nitrogen functional groups attached to an aromatic ring is 1. The van der Waals surface area contributed by atoms with Crippen LogP contribution in [0.15, 0.2) is 36.4 Å². The molecule has 0 bridgehead atoms. The molecular weight excluding hydrogens is 387 g/mol. The average molecular weight is 399 g/mol. The maximum Gasteiger partial charge on any atom is 0.201 e. The van der Waals surface area contributed by atoms with Crippen LogP contribution >= 0.6 is 22.6 Å². The van der Waals surface area contributed by atoms with E-state index in [0.29, 0.717) is 20.2 Å². The molecule has 108 valence electrons. The van der Waals surface area contributed by atoms with Gasteiger partial charge in [-0.05, 0) is 41.6 Å². The molecule has 21 heavy (non-hydrogen) atoms. The van der Waals surface area contributed by atoms with Gasteiger partial charge in [0.2, 0.25) is 5.95 Å². The lowest BCUT2D eigenvalue weighted by molar-refractivity contribution is 0.566. The minimum atomic E-state index is -0.379. The van der Waals surface area contributed by atoms with Gasteiger partial charge in [-0.3, -0.25) is 0 Å². The highest BCUT2D eigenvalue weighted by molar-refractivity contribution is 14.1. The number of hydrogen-bond acceptors (Lipinski definition) is 2. The van der Waals surface area contributed by atoms with Crippen molar-refractivity contribution in [2.24, 2.45) is 0 Å². The molecule has 0 saturated heterocycles. The molecule has 0 aliphatic carbocycles. The molecule has 3 aromatic rings. The quantitative estimate of drug-likeness (QED) is 0.660. The fraction of sp³-hybridized carbons (Fsp3) is 0.133. The Morgan fingerprint density at radius 2 is 1.90 bits per heavy atom. The number of nitrogens with zero attached hydrogens (tertiary/aromatic N) is 2. The van der Waals surface area contributed by atoms with Gasteiger partial charge in [0.1, 0.15) is 11.6 Å². The first-order chi connectivity index (χ1) is 9.99. The molecule has 2 aromatic carbocycles. The van der Waals surface area contributed by atoms with Crippen molar-refractivity contribution in [1.82, 2.24) is 9.55 Å². The number of halogens is 3. The van der Waals surface area contributed by atoms with E-state index in [2.05, 4.69) is 4.98 Å². The van der Waals surface area contributed by atoms with E-state index in [9.17, 15) is 8.78 Å². The predicted molar refractivity (Wildman–Crippen MR) is 87.0 cm³/mol. The Bertz CT molecular complexity index is 829. The fourth-order valence-corrected chi connectivity index (χ4v) is 2.92. The summed E-state index contributed by atoms with van der Waals surface area (Å²) in [6, 6.07) is 9.11. The van der Waals surface area contributed by atoms with Gasteiger partial charge in [0, 0.05) is 11.6 Å². The van der Waals surface area contributed by atoms with Crippen molar-refractivity contribution in [3.05, 3.63) is 57.2 Å². The molecule has 6 heteroatoms. The Kier molecular flexibility index (Phi) is 3.56. The molecule has 1 aromatic heterocycles. The largest absolute Gasteiger partial charge is 0.369 e. The first-order valence-electron chi connectivity index (χ1n) is 6.36. The third kappa shape index (κ3) is 2.37. The monoisotopic (exact) mass is 399 g/mol. The van der Waals surface area contributed by atoms with Crippen molar-refractivity contribution >= 4 is 39.6 Å². The van der Waals surface area contributed by atoms with Gasteiger partial charge in [-0.2, -0.15) is 0 Å². The minimum Gasteiger partial charge on any atom is -0.369 e. The lowest BCUT2D eigenvalue weighted by atomic mass is 10.1. The summed E-state index contributed by atoms with van der Waals surface area (Å²) in [6.07, 6.45) is 0. The van der Waals surface area contributed by atoms with E-state index in [-0.39, 0.29) is 23.6 Å². The van der Waals surface area contributed by atoms with Gasteiger partial charge in [-0.1, -0.05) is 18.2 Å². The number of imidazole rings is 1. The van der Waals surface area contributed by atoms with Crippen LogP contribution < -0.4 is 5.73 Å². The minimum absolute atomic E-state index is 0.238. The summed E-state index contributed by atoms with van der Waals surface area (Å²) in [4.78, 5) is 4.24. The topological polar surface area (TPSA) is 43.8 Å². The third-order valence-corrected chi connectivity index (χ3v) is 4.33. The maximum absolute atomic E-state index is 14.0. The van der Waals surface area contributed by atoms with E-state index in [4.69, 9.17) is 5.73 Å². The first kappa shape index (κ1) is 14.2. The van der Waals surface area contributed by atoms with Gasteiger partial charge < -0.3 is 10.3 Å². The molecule has 0 aliphatic heterocycles. The van der Waals surface area contributed by atoms with Crippen molar-refractivity contribution in [3.63, 3.8) is 0 Å². The summed E-state index contributed by atoms with van der Waals surface area (Å²) in [5.41, 5.74) is 7.59. The van der Waals surface area contributed by atoms with Crippen molar-refractivity contribution in [2.75, 3.05) is 5.73 Å². The van der Waals surface area contributed by atoms with E-state index in [0.717, 1.165) is 0 Å². The van der Waals surface area contributed by atoms with Crippen LogP contribution in [0.1, 0.15) is 18.5 Å². The zero-order valence-corrected chi connectivity index (χ0v) is 13.3. The molecule has 0 aliphatic rings. The van der Waals surface area contributed by atoms with Gasteiger partial charge in [-0.15, -0.1) is 0 Å². The summed E-state index contributed by atoms with van der Waals surface area (Å²) >= 11 is 1.90. The zero-order chi connectivity index (χ0) is 15.1. The molecule has 0 fully saturated rings. The molecule has 2 N–H and O–H groups in total. The van der Waals surface area contributed by atoms with Gasteiger partial charge in [0.25, 0.3) is 0 Å². The van der Waals surface area contributed by atoms with E-state index in [1.165, 1.54) is 12.1 Å². The first-order valence-corrected chi connectivity index (χ1v) is 7.44. The molecule has 0 spiro atoms. The summed E-state index contributed by atoms with van der Waals surface area (Å²) in [6.45, 7) is 1.81. The second kappa shape index (κ2) is 5.25. The molecular formula is C15H12F2IN3. The van der Waals surface area contributed by atoms with E-state index in [1.807, 2.05) is 29.5 Å². The Balaban J connectivity index is 2.22. The Morgan fingerprint density at radius 1 is 1.19 bits per heavy atom. The third-order valence-electron chi connectivity index (χ3n) is 3.50. The lowest BCUT2D eigenvalue weighted by Crippen LogP contribution is -2.11. The highest BCUT2D eigenvalue weighted by Crippen LogP contribution is 2.30. The number of rotatable bonds is 2. The number of fused-ring (bicyclic) bond motifs is 1. The summed E-state index contributed by atoms with van der Waals surface area (Å²) in [7, 11) is 0. The second-order valence-electron chi connectivity index (χ2n) is 4.79. The van der Waals surface area contributed by atoms with Crippen molar-refractivity contribution < 1.29 is 8.78 Å². The van der Waals surface area contributed by atoms with Gasteiger partial charge in [-0.25, -0.2) is 13.8 Å². The second-order valence-corrected chi connectivity index (χ2v) is 5.95. The number of hydrogen-bond donors (Lipinski definition) is 1. The van der Waals surface area contributed by atoms with Crippen LogP contribution in [0, 0.1) is 15.2 Å². The highest BCUT2D eigenvalue weighted by atomic mass is 127. The van der Waals surface area contributed by atoms with Crippen molar-refractivity contribution in [2.45, 2.75) is 13.0 Å². The molecule has 3 rings (SSSR count). The number of nitrogens with two attached hydrogens (primary N) is 1. The average Bonchev–Trinajstić information content (AvgIpc) is 2.74. The number of anilines is 1. The van der Waals surface area contributed by atoms with Crippen LogP contribution in [0.3, 0.4) is 0 Å². The normalized spacial score (nSPS) is 12.8. The van der Waals surface area contributed by atoms with E-state index >= 15 is 0 Å². The highest BCUT2D eigenvalue weighted by Gasteiger charge is 2.19. The summed E-state index contributed by atoms with van der Waals surface area (Å²) < 4.78 is 29.9. The smallest absolute Gasteiger partial charge is 0.201 e. The zero-order valence-electron chi connectivity index (χ0n) is 11.1. The molecule has 0 amide bonds. The Hall–Kier alpha value is -1.70. The molecule has 0 radical (unpaired) electrons. The SMILES string of the molecule is CC(c1ccccc1F)n1c(N)nc2cc(I)c(F)cc21. The van der Waals surface area contributed by atoms with Gasteiger partial charge in [0.05, 0.1) is 20.6 Å². The van der Waals surface area contributed by atoms with Crippen molar-refractivity contribution in [3.8, 4) is 0 Å². The standard InChI is InChI=1S/C15H12F2IN3/c1-8(9-4-2-3-5-10(9)16)21-14-6-11(17)12(18)7-13(14)20-15(21)19/h2-8H,1H3,(H2,19,20). The van der Waals surface area contributed by atoms with E-state index in [1.54, 1.807) is 28.8 Å². The molecule has 1 heterocycles. The maximum atomic E-state index is 14.0. The Morgan fingerprint density at radius 3 is 2.62 bits per heavy atom. The van der Waals surface area contributed by atoms with Gasteiger partial charge >= 0.3 is 0 Å². The van der Waals surface area contributed by atoms with Crippen molar-refractivity contribution in [1.29, 1.82) is 0 Å². The lowest BCUT2D eigenvalue weighted by Gasteiger charge is -2.17. The fourth-order valence-electron chi connectivity index (χ4n) is 2.47.